The van der Waals surface area contributed by atoms with Gasteiger partial charge in [0.2, 0.25) is 0 Å². The van der Waals surface area contributed by atoms with E-state index in [-0.39, 0.29) is 24.5 Å². The highest BCUT2D eigenvalue weighted by molar-refractivity contribution is 14.1. The fraction of sp³-hybridized carbons (Fsp3) is 0.194. The molecule has 4 aromatic rings. The second-order valence-electron chi connectivity index (χ2n) is 9.60. The van der Waals surface area contributed by atoms with E-state index in [1.807, 2.05) is 48.7 Å². The molecule has 0 bridgehead atoms. The topological polar surface area (TPSA) is 113 Å². The van der Waals surface area contributed by atoms with Gasteiger partial charge in [0.1, 0.15) is 12.4 Å². The van der Waals surface area contributed by atoms with Crippen LogP contribution in [0.3, 0.4) is 0 Å². The summed E-state index contributed by atoms with van der Waals surface area (Å²) in [6.07, 6.45) is 3.82. The molecule has 0 fully saturated rings. The van der Waals surface area contributed by atoms with Gasteiger partial charge in [0.05, 0.1) is 40.5 Å². The van der Waals surface area contributed by atoms with E-state index in [1.54, 1.807) is 42.3 Å². The number of hydrogen-bond acceptors (Lipinski definition) is 9. The van der Waals surface area contributed by atoms with E-state index < -0.39 is 16.9 Å². The molecule has 1 aliphatic heterocycles. The van der Waals surface area contributed by atoms with Gasteiger partial charge in [-0.15, -0.1) is 11.8 Å². The number of rotatable bonds is 9. The number of nitro benzene ring substituents is 1. The third-order valence-corrected chi connectivity index (χ3v) is 10.1. The number of non-ortho nitro benzene ring substituents is 1. The Morgan fingerprint density at radius 2 is 1.80 bits per heavy atom. The zero-order valence-corrected chi connectivity index (χ0v) is 29.7. The van der Waals surface area contributed by atoms with Crippen LogP contribution in [-0.4, -0.2) is 28.3 Å². The number of carbonyl (C=O) groups is 1. The van der Waals surface area contributed by atoms with Gasteiger partial charge in [-0.25, -0.2) is 9.79 Å². The third-order valence-electron chi connectivity index (χ3n) is 6.80. The maximum absolute atomic E-state index is 14.0. The number of carbonyl (C=O) groups excluding carboxylic acids is 1. The fourth-order valence-corrected chi connectivity index (χ4v) is 8.30. The number of nitrogens with zero attached hydrogens (tertiary/aromatic N) is 3. The molecule has 44 heavy (non-hydrogen) atoms. The van der Waals surface area contributed by atoms with Crippen molar-refractivity contribution in [3.05, 3.63) is 126 Å². The Kier molecular flexibility index (Phi) is 10.3. The number of esters is 1. The smallest absolute Gasteiger partial charge is 0.338 e. The number of benzene rings is 3. The number of ether oxygens (including phenoxy) is 2. The van der Waals surface area contributed by atoms with Crippen LogP contribution in [0, 0.1) is 17.3 Å². The molecule has 0 spiro atoms. The van der Waals surface area contributed by atoms with Crippen LogP contribution in [0.15, 0.2) is 86.6 Å². The molecule has 226 valence electrons. The average Bonchev–Trinajstić information content (AvgIpc) is 3.30. The Labute approximate surface area is 288 Å². The molecule has 0 saturated heterocycles. The van der Waals surface area contributed by atoms with Crippen molar-refractivity contribution in [2.75, 3.05) is 12.9 Å². The van der Waals surface area contributed by atoms with Gasteiger partial charge in [0.25, 0.3) is 11.2 Å². The average molecular weight is 853 g/mol. The van der Waals surface area contributed by atoms with Crippen molar-refractivity contribution in [1.29, 1.82) is 0 Å². The summed E-state index contributed by atoms with van der Waals surface area (Å²) in [5.41, 5.74) is 3.07. The molecule has 0 amide bonds. The molecule has 3 aromatic carbocycles. The van der Waals surface area contributed by atoms with Crippen LogP contribution in [0.2, 0.25) is 0 Å². The van der Waals surface area contributed by atoms with E-state index in [1.165, 1.54) is 23.5 Å². The number of nitro groups is 1. The zero-order chi connectivity index (χ0) is 31.5. The van der Waals surface area contributed by atoms with E-state index in [0.717, 1.165) is 28.7 Å². The number of halogens is 2. The van der Waals surface area contributed by atoms with Crippen molar-refractivity contribution in [3.63, 3.8) is 0 Å². The Morgan fingerprint density at radius 1 is 1.14 bits per heavy atom. The largest absolute Gasteiger partial charge is 0.487 e. The highest BCUT2D eigenvalue weighted by atomic mass is 127. The Bertz CT molecular complexity index is 1950. The van der Waals surface area contributed by atoms with Crippen LogP contribution in [0.1, 0.15) is 36.6 Å². The van der Waals surface area contributed by atoms with Gasteiger partial charge in [0.15, 0.2) is 4.80 Å². The summed E-state index contributed by atoms with van der Waals surface area (Å²) >= 11 is 7.28. The van der Waals surface area contributed by atoms with Gasteiger partial charge < -0.3 is 9.47 Å². The molecule has 9 nitrogen and oxygen atoms in total. The first kappa shape index (κ1) is 32.4. The van der Waals surface area contributed by atoms with Crippen molar-refractivity contribution < 1.29 is 19.2 Å². The number of thioether (sulfide) groups is 1. The van der Waals surface area contributed by atoms with Crippen LogP contribution in [0.5, 0.6) is 5.75 Å². The molecular weight excluding hydrogens is 828 g/mol. The van der Waals surface area contributed by atoms with Gasteiger partial charge in [-0.2, -0.15) is 0 Å². The molecule has 13 heteroatoms. The molecule has 2 heterocycles. The number of thiazole rings is 1. The normalized spacial score (nSPS) is 14.7. The van der Waals surface area contributed by atoms with E-state index in [4.69, 9.17) is 9.47 Å². The van der Waals surface area contributed by atoms with E-state index in [2.05, 4.69) is 50.2 Å². The predicted molar refractivity (Wildman–Crippen MR) is 188 cm³/mol. The molecule has 0 saturated carbocycles. The van der Waals surface area contributed by atoms with Crippen molar-refractivity contribution >= 4 is 86.0 Å². The van der Waals surface area contributed by atoms with Crippen molar-refractivity contribution in [1.82, 2.24) is 4.57 Å². The second-order valence-corrected chi connectivity index (χ2v) is 13.8. The van der Waals surface area contributed by atoms with Crippen molar-refractivity contribution in [2.24, 2.45) is 4.99 Å². The maximum Gasteiger partial charge on any atom is 0.338 e. The van der Waals surface area contributed by atoms with Crippen LogP contribution >= 0.6 is 68.3 Å². The van der Waals surface area contributed by atoms with Crippen LogP contribution in [0.25, 0.3) is 6.08 Å². The second kappa shape index (κ2) is 14.0. The lowest BCUT2D eigenvalue weighted by Gasteiger charge is -2.24. The molecule has 1 aliphatic rings. The molecule has 1 aromatic heterocycles. The Balaban J connectivity index is 1.51. The molecule has 0 unspecified atom stereocenters. The summed E-state index contributed by atoms with van der Waals surface area (Å²) in [6, 6.07) is 17.3. The minimum absolute atomic E-state index is 0.0274. The van der Waals surface area contributed by atoms with E-state index in [9.17, 15) is 19.7 Å². The molecule has 0 N–H and O–H groups in total. The highest BCUT2D eigenvalue weighted by Gasteiger charge is 2.33. The van der Waals surface area contributed by atoms with Crippen molar-refractivity contribution in [3.8, 4) is 5.75 Å². The quantitative estimate of drug-likeness (QED) is 0.0647. The van der Waals surface area contributed by atoms with Crippen LogP contribution < -0.4 is 19.6 Å². The third kappa shape index (κ3) is 6.79. The Hall–Kier alpha value is -3.02. The van der Waals surface area contributed by atoms with E-state index in [0.29, 0.717) is 26.4 Å². The summed E-state index contributed by atoms with van der Waals surface area (Å²) in [6.45, 7) is 3.98. The molecule has 0 radical (unpaired) electrons. The molecule has 1 atom stereocenters. The SMILES string of the molecule is CCOC(=O)C1=C(C)N=c2s/c(=C\c3cc(I)c(OCc4ccc([N+](=O)[O-])cc4)c(I)c3)c(=O)n2[C@H]1c1ccc(SC)cc1. The molecule has 5 rings (SSSR count). The number of aromatic nitrogens is 1. The maximum atomic E-state index is 14.0. The Morgan fingerprint density at radius 3 is 2.39 bits per heavy atom. The lowest BCUT2D eigenvalue weighted by Crippen LogP contribution is -2.39. The first-order valence-electron chi connectivity index (χ1n) is 13.3. The first-order chi connectivity index (χ1) is 21.1. The summed E-state index contributed by atoms with van der Waals surface area (Å²) < 4.78 is 15.2. The number of fused-ring (bicyclic) bond motifs is 1. The summed E-state index contributed by atoms with van der Waals surface area (Å²) in [7, 11) is 0. The monoisotopic (exact) mass is 853 g/mol. The number of allylic oxidation sites excluding steroid dienone is 1. The predicted octanol–water partition coefficient (Wildman–Crippen LogP) is 6.22. The minimum atomic E-state index is -0.668. The minimum Gasteiger partial charge on any atom is -0.487 e. The van der Waals surface area contributed by atoms with Gasteiger partial charge in [0, 0.05) is 17.0 Å². The van der Waals surface area contributed by atoms with Gasteiger partial charge >= 0.3 is 5.97 Å². The van der Waals surface area contributed by atoms with E-state index >= 15 is 0 Å². The standard InChI is InChI=1S/C31H25I2N3O6S2/c1-4-41-30(38)26-17(2)34-31-35(27(26)20-7-11-22(43-3)12-8-20)29(37)25(44-31)15-19-13-23(32)28(24(33)14-19)42-16-18-5-9-21(10-6-18)36(39)40/h5-15,27H,4,16H2,1-3H3/b25-15-/t27-/m0/s1. The molecular formula is C31H25I2N3O6S2. The zero-order valence-electron chi connectivity index (χ0n) is 23.7. The van der Waals surface area contributed by atoms with Gasteiger partial charge in [-0.05, 0) is 124 Å². The summed E-state index contributed by atoms with van der Waals surface area (Å²) in [5, 5.41) is 10.9. The molecule has 0 aliphatic carbocycles. The van der Waals surface area contributed by atoms with Gasteiger partial charge in [-0.1, -0.05) is 23.5 Å². The summed E-state index contributed by atoms with van der Waals surface area (Å²) in [4.78, 5) is 43.8. The first-order valence-corrected chi connectivity index (χ1v) is 17.5. The fourth-order valence-electron chi connectivity index (χ4n) is 4.71. The van der Waals surface area contributed by atoms with Crippen molar-refractivity contribution in [2.45, 2.75) is 31.4 Å². The van der Waals surface area contributed by atoms with Crippen LogP contribution in [0.4, 0.5) is 5.69 Å². The van der Waals surface area contributed by atoms with Crippen LogP contribution in [-0.2, 0) is 16.1 Å². The number of hydrogen-bond donors (Lipinski definition) is 0. The lowest BCUT2D eigenvalue weighted by atomic mass is 9.96. The lowest BCUT2D eigenvalue weighted by molar-refractivity contribution is -0.384. The summed E-state index contributed by atoms with van der Waals surface area (Å²) in [5.74, 6) is 0.196. The highest BCUT2D eigenvalue weighted by Crippen LogP contribution is 2.32. The van der Waals surface area contributed by atoms with Gasteiger partial charge in [-0.3, -0.25) is 19.5 Å².